The van der Waals surface area contributed by atoms with Gasteiger partial charge >= 0.3 is 12.0 Å². The topological polar surface area (TPSA) is 116 Å². The van der Waals surface area contributed by atoms with Crippen LogP contribution in [0.15, 0.2) is 24.3 Å². The molecule has 0 aliphatic carbocycles. The number of benzene rings is 1. The van der Waals surface area contributed by atoms with Crippen molar-refractivity contribution in [1.29, 1.82) is 0 Å². The monoisotopic (exact) mass is 280 g/mol. The SMILES string of the molecule is CC(=O)c1ccc(NC(=O)NCCC(O)C(=O)O)cc1. The summed E-state index contributed by atoms with van der Waals surface area (Å²) >= 11 is 0. The number of aliphatic carboxylic acids is 1. The number of amides is 2. The van der Waals surface area contributed by atoms with Crippen LogP contribution < -0.4 is 10.6 Å². The number of rotatable bonds is 6. The van der Waals surface area contributed by atoms with Crippen LogP contribution in [0, 0.1) is 0 Å². The summed E-state index contributed by atoms with van der Waals surface area (Å²) in [6, 6.07) is 5.83. The summed E-state index contributed by atoms with van der Waals surface area (Å²) < 4.78 is 0. The lowest BCUT2D eigenvalue weighted by Crippen LogP contribution is -2.33. The molecule has 7 heteroatoms. The molecule has 0 aromatic heterocycles. The summed E-state index contributed by atoms with van der Waals surface area (Å²) in [5.41, 5.74) is 1.05. The molecule has 0 aliphatic heterocycles. The molecule has 2 amide bonds. The highest BCUT2D eigenvalue weighted by atomic mass is 16.4. The van der Waals surface area contributed by atoms with E-state index in [9.17, 15) is 14.4 Å². The highest BCUT2D eigenvalue weighted by Crippen LogP contribution is 2.09. The fraction of sp³-hybridized carbons (Fsp3) is 0.308. The summed E-state index contributed by atoms with van der Waals surface area (Å²) in [5, 5.41) is 22.4. The van der Waals surface area contributed by atoms with Gasteiger partial charge in [-0.25, -0.2) is 9.59 Å². The first-order valence-corrected chi connectivity index (χ1v) is 5.97. The van der Waals surface area contributed by atoms with E-state index in [1.807, 2.05) is 0 Å². The van der Waals surface area contributed by atoms with E-state index in [1.165, 1.54) is 6.92 Å². The smallest absolute Gasteiger partial charge is 0.332 e. The second-order valence-corrected chi connectivity index (χ2v) is 4.16. The molecule has 1 atom stereocenters. The Hall–Kier alpha value is -2.41. The number of carbonyl (C=O) groups excluding carboxylic acids is 2. The van der Waals surface area contributed by atoms with Crippen LogP contribution in [-0.4, -0.2) is 40.6 Å². The van der Waals surface area contributed by atoms with Crippen LogP contribution in [0.1, 0.15) is 23.7 Å². The van der Waals surface area contributed by atoms with Gasteiger partial charge in [0.15, 0.2) is 11.9 Å². The van der Waals surface area contributed by atoms with Crippen LogP contribution in [0.3, 0.4) is 0 Å². The van der Waals surface area contributed by atoms with E-state index in [-0.39, 0.29) is 18.7 Å². The third-order valence-electron chi connectivity index (χ3n) is 2.54. The van der Waals surface area contributed by atoms with Gasteiger partial charge in [-0.3, -0.25) is 4.79 Å². The van der Waals surface area contributed by atoms with E-state index >= 15 is 0 Å². The van der Waals surface area contributed by atoms with E-state index in [2.05, 4.69) is 10.6 Å². The number of aliphatic hydroxyl groups excluding tert-OH is 1. The lowest BCUT2D eigenvalue weighted by molar-refractivity contribution is -0.146. The Morgan fingerprint density at radius 3 is 2.30 bits per heavy atom. The van der Waals surface area contributed by atoms with Crippen molar-refractivity contribution in [1.82, 2.24) is 5.32 Å². The van der Waals surface area contributed by atoms with Gasteiger partial charge in [0.1, 0.15) is 0 Å². The zero-order chi connectivity index (χ0) is 15.1. The fourth-order valence-corrected chi connectivity index (χ4v) is 1.41. The first-order valence-electron chi connectivity index (χ1n) is 5.97. The number of carbonyl (C=O) groups is 3. The molecule has 1 aromatic carbocycles. The Balaban J connectivity index is 2.39. The molecule has 4 N–H and O–H groups in total. The van der Waals surface area contributed by atoms with Gasteiger partial charge < -0.3 is 20.8 Å². The van der Waals surface area contributed by atoms with Gasteiger partial charge in [-0.2, -0.15) is 0 Å². The molecule has 0 aliphatic rings. The Kier molecular flexibility index (Phi) is 5.67. The lowest BCUT2D eigenvalue weighted by Gasteiger charge is -2.09. The zero-order valence-electron chi connectivity index (χ0n) is 10.9. The molecule has 1 unspecified atom stereocenters. The Morgan fingerprint density at radius 1 is 1.20 bits per heavy atom. The van der Waals surface area contributed by atoms with Crippen LogP contribution in [0.25, 0.3) is 0 Å². The molecule has 20 heavy (non-hydrogen) atoms. The Labute approximate surface area is 115 Å². The van der Waals surface area contributed by atoms with Gasteiger partial charge in [0.05, 0.1) is 0 Å². The molecular weight excluding hydrogens is 264 g/mol. The lowest BCUT2D eigenvalue weighted by atomic mass is 10.1. The van der Waals surface area contributed by atoms with Crippen molar-refractivity contribution in [2.45, 2.75) is 19.4 Å². The van der Waals surface area contributed by atoms with E-state index in [4.69, 9.17) is 10.2 Å². The number of carboxylic acid groups (broad SMARTS) is 1. The minimum Gasteiger partial charge on any atom is -0.479 e. The summed E-state index contributed by atoms with van der Waals surface area (Å²) in [5.74, 6) is -1.39. The third-order valence-corrected chi connectivity index (χ3v) is 2.54. The predicted molar refractivity (Wildman–Crippen MR) is 71.7 cm³/mol. The zero-order valence-corrected chi connectivity index (χ0v) is 10.9. The van der Waals surface area contributed by atoms with E-state index in [0.29, 0.717) is 11.3 Å². The largest absolute Gasteiger partial charge is 0.479 e. The van der Waals surface area contributed by atoms with Crippen molar-refractivity contribution in [3.63, 3.8) is 0 Å². The second kappa shape index (κ2) is 7.25. The minimum atomic E-state index is -1.50. The molecule has 0 fully saturated rings. The van der Waals surface area contributed by atoms with Crippen LogP contribution >= 0.6 is 0 Å². The summed E-state index contributed by atoms with van der Waals surface area (Å²) in [6.07, 6.45) is -1.57. The quantitative estimate of drug-likeness (QED) is 0.576. The normalized spacial score (nSPS) is 11.5. The average Bonchev–Trinajstić information content (AvgIpc) is 2.39. The number of nitrogens with one attached hydrogen (secondary N) is 2. The van der Waals surface area contributed by atoms with Crippen LogP contribution in [0.2, 0.25) is 0 Å². The van der Waals surface area contributed by atoms with Gasteiger partial charge in [-0.05, 0) is 31.2 Å². The summed E-state index contributed by atoms with van der Waals surface area (Å²) in [7, 11) is 0. The second-order valence-electron chi connectivity index (χ2n) is 4.16. The molecule has 7 nitrogen and oxygen atoms in total. The van der Waals surface area contributed by atoms with Gasteiger partial charge in [-0.1, -0.05) is 0 Å². The minimum absolute atomic E-state index is 0.0326. The maximum atomic E-state index is 11.5. The molecule has 0 bridgehead atoms. The average molecular weight is 280 g/mol. The van der Waals surface area contributed by atoms with Crippen molar-refractivity contribution in [3.8, 4) is 0 Å². The number of anilines is 1. The highest BCUT2D eigenvalue weighted by Gasteiger charge is 2.12. The highest BCUT2D eigenvalue weighted by molar-refractivity contribution is 5.95. The number of Topliss-reactive ketones (excluding diaryl/α,β-unsaturated/α-hetero) is 1. The number of aliphatic hydroxyl groups is 1. The van der Waals surface area contributed by atoms with Gasteiger partial charge in [-0.15, -0.1) is 0 Å². The Morgan fingerprint density at radius 2 is 1.80 bits per heavy atom. The van der Waals surface area contributed by atoms with E-state index in [1.54, 1.807) is 24.3 Å². The third kappa shape index (κ3) is 5.07. The molecule has 0 spiro atoms. The summed E-state index contributed by atoms with van der Waals surface area (Å²) in [4.78, 5) is 32.9. The number of carboxylic acids is 1. The number of urea groups is 1. The fourth-order valence-electron chi connectivity index (χ4n) is 1.41. The maximum Gasteiger partial charge on any atom is 0.332 e. The van der Waals surface area contributed by atoms with Crippen molar-refractivity contribution in [3.05, 3.63) is 29.8 Å². The molecule has 1 aromatic rings. The van der Waals surface area contributed by atoms with Crippen molar-refractivity contribution in [2.75, 3.05) is 11.9 Å². The van der Waals surface area contributed by atoms with Crippen LogP contribution in [-0.2, 0) is 4.79 Å². The van der Waals surface area contributed by atoms with Crippen molar-refractivity contribution >= 4 is 23.5 Å². The molecule has 0 radical (unpaired) electrons. The predicted octanol–water partition coefficient (Wildman–Crippen LogP) is 0.846. The number of ketones is 1. The van der Waals surface area contributed by atoms with Crippen molar-refractivity contribution in [2.24, 2.45) is 0 Å². The molecule has 0 heterocycles. The molecule has 0 saturated heterocycles. The molecule has 108 valence electrons. The van der Waals surface area contributed by atoms with E-state index < -0.39 is 18.1 Å². The summed E-state index contributed by atoms with van der Waals surface area (Å²) in [6.45, 7) is 1.48. The van der Waals surface area contributed by atoms with Crippen LogP contribution in [0.5, 0.6) is 0 Å². The van der Waals surface area contributed by atoms with E-state index in [0.717, 1.165) is 0 Å². The van der Waals surface area contributed by atoms with Crippen molar-refractivity contribution < 1.29 is 24.6 Å². The van der Waals surface area contributed by atoms with Gasteiger partial charge in [0.25, 0.3) is 0 Å². The van der Waals surface area contributed by atoms with Gasteiger partial charge in [0, 0.05) is 24.2 Å². The molecular formula is C13H16N2O5. The molecule has 1 rings (SSSR count). The maximum absolute atomic E-state index is 11.5. The first kappa shape index (κ1) is 15.6. The first-order chi connectivity index (χ1) is 9.40. The standard InChI is InChI=1S/C13H16N2O5/c1-8(16)9-2-4-10(5-3-9)15-13(20)14-7-6-11(17)12(18)19/h2-5,11,17H,6-7H2,1H3,(H,18,19)(H2,14,15,20). The number of hydrogen-bond acceptors (Lipinski definition) is 4. The van der Waals surface area contributed by atoms with Crippen LogP contribution in [0.4, 0.5) is 10.5 Å². The Bertz CT molecular complexity index is 498. The van der Waals surface area contributed by atoms with Gasteiger partial charge in [0.2, 0.25) is 0 Å². The molecule has 0 saturated carbocycles. The number of hydrogen-bond donors (Lipinski definition) is 4.